The van der Waals surface area contributed by atoms with Gasteiger partial charge in [0.2, 0.25) is 5.91 Å². The summed E-state index contributed by atoms with van der Waals surface area (Å²) in [4.78, 5) is 28.1. The summed E-state index contributed by atoms with van der Waals surface area (Å²) in [6, 6.07) is 6.52. The van der Waals surface area contributed by atoms with Gasteiger partial charge in [-0.2, -0.15) is 0 Å². The highest BCUT2D eigenvalue weighted by Crippen LogP contribution is 2.45. The van der Waals surface area contributed by atoms with Gasteiger partial charge in [-0.05, 0) is 55.2 Å². The van der Waals surface area contributed by atoms with Crippen LogP contribution in [0, 0.1) is 11.3 Å². The summed E-state index contributed by atoms with van der Waals surface area (Å²) >= 11 is 0. The Bertz CT molecular complexity index is 708. The second-order valence-electron chi connectivity index (χ2n) is 8.23. The summed E-state index contributed by atoms with van der Waals surface area (Å²) in [6.07, 6.45) is 4.46. The van der Waals surface area contributed by atoms with Gasteiger partial charge >= 0.3 is 5.97 Å². The van der Waals surface area contributed by atoms with Gasteiger partial charge in [0.05, 0.1) is 0 Å². The molecule has 2 heterocycles. The van der Waals surface area contributed by atoms with E-state index < -0.39 is 12.0 Å². The third-order valence-electron chi connectivity index (χ3n) is 6.25. The van der Waals surface area contributed by atoms with Crippen molar-refractivity contribution in [2.75, 3.05) is 19.6 Å². The van der Waals surface area contributed by atoms with E-state index >= 15 is 0 Å². The van der Waals surface area contributed by atoms with Crippen molar-refractivity contribution >= 4 is 11.9 Å². The van der Waals surface area contributed by atoms with E-state index in [-0.39, 0.29) is 17.1 Å². The van der Waals surface area contributed by atoms with Crippen LogP contribution in [0.25, 0.3) is 0 Å². The monoisotopic (exact) mass is 358 g/mol. The van der Waals surface area contributed by atoms with Crippen LogP contribution < -0.4 is 0 Å². The van der Waals surface area contributed by atoms with E-state index in [1.54, 1.807) is 18.2 Å². The molecule has 1 amide bonds. The van der Waals surface area contributed by atoms with Crippen molar-refractivity contribution in [2.24, 2.45) is 11.3 Å². The van der Waals surface area contributed by atoms with Crippen LogP contribution in [0.1, 0.15) is 37.7 Å². The number of rotatable bonds is 4. The van der Waals surface area contributed by atoms with Crippen LogP contribution in [-0.2, 0) is 16.1 Å². The number of amides is 1. The van der Waals surface area contributed by atoms with Gasteiger partial charge in [0.25, 0.3) is 0 Å². The molecule has 1 atom stereocenters. The number of piperidine rings is 1. The number of carbonyl (C=O) groups excluding carboxylic acids is 1. The highest BCUT2D eigenvalue weighted by atomic mass is 16.4. The molecular weight excluding hydrogens is 332 g/mol. The number of aliphatic carboxylic acids is 1. The molecule has 6 nitrogen and oxygen atoms in total. The van der Waals surface area contributed by atoms with Gasteiger partial charge in [-0.15, -0.1) is 0 Å². The molecule has 2 aliphatic heterocycles. The number of hydrogen-bond donors (Lipinski definition) is 2. The lowest BCUT2D eigenvalue weighted by Gasteiger charge is -2.39. The second kappa shape index (κ2) is 6.58. The highest BCUT2D eigenvalue weighted by Gasteiger charge is 2.49. The zero-order valence-corrected chi connectivity index (χ0v) is 14.9. The Hall–Kier alpha value is -2.08. The molecule has 3 fully saturated rings. The zero-order chi connectivity index (χ0) is 18.3. The molecule has 6 heteroatoms. The number of benzene rings is 1. The van der Waals surface area contributed by atoms with Gasteiger partial charge in [-0.3, -0.25) is 14.5 Å². The number of aromatic hydroxyl groups is 1. The Labute approximate surface area is 153 Å². The number of carbonyl (C=O) groups is 2. The molecule has 140 valence electrons. The topological polar surface area (TPSA) is 81.1 Å². The predicted octanol–water partition coefficient (Wildman–Crippen LogP) is 2.07. The van der Waals surface area contributed by atoms with Crippen LogP contribution in [-0.4, -0.2) is 57.6 Å². The van der Waals surface area contributed by atoms with Gasteiger partial charge in [-0.25, -0.2) is 0 Å². The Morgan fingerprint density at radius 2 is 1.92 bits per heavy atom. The molecule has 1 spiro atoms. The van der Waals surface area contributed by atoms with E-state index in [4.69, 9.17) is 0 Å². The average molecular weight is 358 g/mol. The average Bonchev–Trinajstić information content (AvgIpc) is 3.39. The standard InChI is InChI=1S/C20H26N2O4/c23-16-3-1-2-14(10-16)12-22-13-20(11-17(22)19(25)26)6-8-21(9-7-20)18(24)15-4-5-15/h1-3,10,15,17,23H,4-9,11-13H2,(H,25,26). The molecular formula is C20H26N2O4. The molecule has 26 heavy (non-hydrogen) atoms. The summed E-state index contributed by atoms with van der Waals surface area (Å²) in [5.74, 6) is -0.0282. The van der Waals surface area contributed by atoms with E-state index in [1.165, 1.54) is 0 Å². The minimum Gasteiger partial charge on any atom is -0.508 e. The van der Waals surface area contributed by atoms with Gasteiger partial charge in [-0.1, -0.05) is 12.1 Å². The molecule has 1 aromatic carbocycles. The van der Waals surface area contributed by atoms with E-state index in [1.807, 2.05) is 15.9 Å². The van der Waals surface area contributed by atoms with E-state index in [0.717, 1.165) is 50.9 Å². The number of carboxylic acids is 1. The van der Waals surface area contributed by atoms with Crippen molar-refractivity contribution in [3.8, 4) is 5.75 Å². The smallest absolute Gasteiger partial charge is 0.320 e. The molecule has 0 bridgehead atoms. The second-order valence-corrected chi connectivity index (χ2v) is 8.23. The van der Waals surface area contributed by atoms with Crippen LogP contribution in [0.3, 0.4) is 0 Å². The maximum absolute atomic E-state index is 12.3. The first-order valence-corrected chi connectivity index (χ1v) is 9.49. The van der Waals surface area contributed by atoms with Crippen LogP contribution in [0.4, 0.5) is 0 Å². The van der Waals surface area contributed by atoms with Crippen LogP contribution in [0.5, 0.6) is 5.75 Å². The van der Waals surface area contributed by atoms with Crippen molar-refractivity contribution in [1.29, 1.82) is 0 Å². The predicted molar refractivity (Wildman–Crippen MR) is 95.5 cm³/mol. The van der Waals surface area contributed by atoms with Gasteiger partial charge < -0.3 is 15.1 Å². The summed E-state index contributed by atoms with van der Waals surface area (Å²) in [5, 5.41) is 19.4. The molecule has 2 N–H and O–H groups in total. The molecule has 3 aliphatic rings. The highest BCUT2D eigenvalue weighted by molar-refractivity contribution is 5.81. The fourth-order valence-corrected chi connectivity index (χ4v) is 4.60. The number of phenols is 1. The summed E-state index contributed by atoms with van der Waals surface area (Å²) in [5.41, 5.74) is 0.912. The lowest BCUT2D eigenvalue weighted by molar-refractivity contribution is -0.142. The van der Waals surface area contributed by atoms with Crippen LogP contribution in [0.15, 0.2) is 24.3 Å². The fourth-order valence-electron chi connectivity index (χ4n) is 4.60. The maximum Gasteiger partial charge on any atom is 0.320 e. The van der Waals surface area contributed by atoms with Crippen molar-refractivity contribution in [3.63, 3.8) is 0 Å². The number of hydrogen-bond acceptors (Lipinski definition) is 4. The van der Waals surface area contributed by atoms with E-state index in [2.05, 4.69) is 0 Å². The fraction of sp³-hybridized carbons (Fsp3) is 0.600. The molecule has 0 radical (unpaired) electrons. The van der Waals surface area contributed by atoms with Crippen molar-refractivity contribution in [3.05, 3.63) is 29.8 Å². The molecule has 2 saturated heterocycles. The quantitative estimate of drug-likeness (QED) is 0.861. The Morgan fingerprint density at radius 1 is 1.19 bits per heavy atom. The first kappa shape index (κ1) is 17.3. The minimum absolute atomic E-state index is 0.0137. The molecule has 4 rings (SSSR count). The third kappa shape index (κ3) is 3.43. The van der Waals surface area contributed by atoms with Crippen LogP contribution in [0.2, 0.25) is 0 Å². The number of nitrogens with zero attached hydrogens (tertiary/aromatic N) is 2. The molecule has 0 aromatic heterocycles. The minimum atomic E-state index is -0.779. The van der Waals surface area contributed by atoms with Crippen LogP contribution >= 0.6 is 0 Å². The lowest BCUT2D eigenvalue weighted by Crippen LogP contribution is -2.44. The van der Waals surface area contributed by atoms with Gasteiger partial charge in [0, 0.05) is 32.1 Å². The van der Waals surface area contributed by atoms with Crippen molar-refractivity contribution in [1.82, 2.24) is 9.80 Å². The number of likely N-dealkylation sites (tertiary alicyclic amines) is 2. The third-order valence-corrected chi connectivity index (χ3v) is 6.25. The normalized spacial score (nSPS) is 25.5. The SMILES string of the molecule is O=C(O)C1CC2(CCN(C(=O)C3CC3)CC2)CN1Cc1cccc(O)c1. The van der Waals surface area contributed by atoms with Gasteiger partial charge in [0.1, 0.15) is 11.8 Å². The summed E-state index contributed by atoms with van der Waals surface area (Å²) < 4.78 is 0. The lowest BCUT2D eigenvalue weighted by atomic mass is 9.76. The molecule has 1 aromatic rings. The number of phenolic OH excluding ortho intramolecular Hbond substituents is 1. The largest absolute Gasteiger partial charge is 0.508 e. The Balaban J connectivity index is 1.44. The first-order valence-electron chi connectivity index (χ1n) is 9.49. The van der Waals surface area contributed by atoms with E-state index in [9.17, 15) is 19.8 Å². The van der Waals surface area contributed by atoms with Crippen molar-refractivity contribution in [2.45, 2.75) is 44.7 Å². The van der Waals surface area contributed by atoms with Gasteiger partial charge in [0.15, 0.2) is 0 Å². The zero-order valence-electron chi connectivity index (χ0n) is 14.9. The summed E-state index contributed by atoms with van der Waals surface area (Å²) in [6.45, 7) is 2.77. The molecule has 1 aliphatic carbocycles. The Morgan fingerprint density at radius 3 is 2.54 bits per heavy atom. The molecule has 1 unspecified atom stereocenters. The van der Waals surface area contributed by atoms with E-state index in [0.29, 0.717) is 18.9 Å². The number of carboxylic acid groups (broad SMARTS) is 1. The maximum atomic E-state index is 12.3. The van der Waals surface area contributed by atoms with Crippen molar-refractivity contribution < 1.29 is 19.8 Å². The first-order chi connectivity index (χ1) is 12.5. The Kier molecular flexibility index (Phi) is 4.39. The summed E-state index contributed by atoms with van der Waals surface area (Å²) in [7, 11) is 0. The molecule has 1 saturated carbocycles.